The van der Waals surface area contributed by atoms with E-state index in [0.29, 0.717) is 12.3 Å². The molecule has 0 aromatic rings. The predicted octanol–water partition coefficient (Wildman–Crippen LogP) is 3.49. The Hall–Kier alpha value is -1.05. The van der Waals surface area contributed by atoms with Crippen LogP contribution in [0.15, 0.2) is 25.3 Å². The lowest BCUT2D eigenvalue weighted by molar-refractivity contribution is -0.148. The largest absolute Gasteiger partial charge is 0.463 e. The van der Waals surface area contributed by atoms with Gasteiger partial charge in [-0.15, -0.1) is 13.2 Å². The van der Waals surface area contributed by atoms with E-state index < -0.39 is 0 Å². The van der Waals surface area contributed by atoms with E-state index in [9.17, 15) is 4.79 Å². The molecule has 0 saturated heterocycles. The molecule has 86 valence electrons. The molecule has 0 amide bonds. The van der Waals surface area contributed by atoms with Gasteiger partial charge in [0.05, 0.1) is 6.10 Å². The molecule has 0 bridgehead atoms. The Balaban J connectivity index is 3.63. The fourth-order valence-electron chi connectivity index (χ4n) is 1.16. The van der Waals surface area contributed by atoms with Crippen LogP contribution in [-0.2, 0) is 9.53 Å². The van der Waals surface area contributed by atoms with Crippen molar-refractivity contribution >= 4 is 5.97 Å². The van der Waals surface area contributed by atoms with Gasteiger partial charge in [0.25, 0.3) is 0 Å². The normalized spacial score (nSPS) is 14.0. The van der Waals surface area contributed by atoms with E-state index in [1.54, 1.807) is 0 Å². The first-order valence-corrected chi connectivity index (χ1v) is 5.53. The molecule has 0 aliphatic carbocycles. The molecule has 0 aromatic carbocycles. The van der Waals surface area contributed by atoms with E-state index in [0.717, 1.165) is 19.3 Å². The summed E-state index contributed by atoms with van der Waals surface area (Å²) in [6.45, 7) is 11.3. The minimum absolute atomic E-state index is 0.00506. The van der Waals surface area contributed by atoms with Crippen LogP contribution in [0.5, 0.6) is 0 Å². The van der Waals surface area contributed by atoms with Crippen molar-refractivity contribution in [1.29, 1.82) is 0 Å². The van der Waals surface area contributed by atoms with Gasteiger partial charge in [-0.05, 0) is 32.1 Å². The number of carbonyl (C=O) groups is 1. The third kappa shape index (κ3) is 7.98. The Morgan fingerprint density at radius 3 is 2.53 bits per heavy atom. The summed E-state index contributed by atoms with van der Waals surface area (Å²) in [5.74, 6) is 0.265. The van der Waals surface area contributed by atoms with Crippen LogP contribution in [0.2, 0.25) is 0 Å². The molecule has 0 N–H and O–H groups in total. The average Bonchev–Trinajstić information content (AvgIpc) is 2.22. The third-order valence-electron chi connectivity index (χ3n) is 2.32. The lowest BCUT2D eigenvalue weighted by Crippen LogP contribution is -2.15. The SMILES string of the molecule is C=CCC[C@H](C)OC(=O)CC[C@H](C)C=C. The topological polar surface area (TPSA) is 26.3 Å². The van der Waals surface area contributed by atoms with Crippen molar-refractivity contribution < 1.29 is 9.53 Å². The second kappa shape index (κ2) is 8.27. The third-order valence-corrected chi connectivity index (χ3v) is 2.32. The van der Waals surface area contributed by atoms with Gasteiger partial charge < -0.3 is 4.74 Å². The number of esters is 1. The Morgan fingerprint density at radius 1 is 1.33 bits per heavy atom. The molecule has 0 saturated carbocycles. The number of carbonyl (C=O) groups excluding carboxylic acids is 1. The van der Waals surface area contributed by atoms with Gasteiger partial charge in [0.2, 0.25) is 0 Å². The van der Waals surface area contributed by atoms with Gasteiger partial charge in [0.1, 0.15) is 0 Å². The van der Waals surface area contributed by atoms with Gasteiger partial charge in [-0.1, -0.05) is 19.1 Å². The van der Waals surface area contributed by atoms with Gasteiger partial charge in [0.15, 0.2) is 0 Å². The highest BCUT2D eigenvalue weighted by Gasteiger charge is 2.09. The molecule has 2 nitrogen and oxygen atoms in total. The van der Waals surface area contributed by atoms with Gasteiger partial charge in [-0.3, -0.25) is 4.79 Å². The molecular weight excluding hydrogens is 188 g/mol. The van der Waals surface area contributed by atoms with Crippen LogP contribution in [0, 0.1) is 5.92 Å². The second-order valence-corrected chi connectivity index (χ2v) is 3.92. The van der Waals surface area contributed by atoms with Crippen LogP contribution in [0.25, 0.3) is 0 Å². The van der Waals surface area contributed by atoms with Crippen LogP contribution >= 0.6 is 0 Å². The highest BCUT2D eigenvalue weighted by atomic mass is 16.5. The van der Waals surface area contributed by atoms with Crippen LogP contribution in [0.1, 0.15) is 39.5 Å². The van der Waals surface area contributed by atoms with Gasteiger partial charge in [-0.2, -0.15) is 0 Å². The molecule has 0 radical (unpaired) electrons. The van der Waals surface area contributed by atoms with Gasteiger partial charge in [0, 0.05) is 6.42 Å². The molecule has 0 rings (SSSR count). The highest BCUT2D eigenvalue weighted by molar-refractivity contribution is 5.69. The highest BCUT2D eigenvalue weighted by Crippen LogP contribution is 2.09. The van der Waals surface area contributed by atoms with E-state index in [1.807, 2.05) is 26.0 Å². The lowest BCUT2D eigenvalue weighted by Gasteiger charge is -2.12. The Morgan fingerprint density at radius 2 is 2.00 bits per heavy atom. The molecule has 0 heterocycles. The standard InChI is InChI=1S/C13H22O2/c1-5-7-8-12(4)15-13(14)10-9-11(3)6-2/h5-6,11-12H,1-2,7-10H2,3-4H3/t11-,12+/m1/s1. The zero-order valence-electron chi connectivity index (χ0n) is 9.87. The zero-order valence-corrected chi connectivity index (χ0v) is 9.87. The molecule has 0 aliphatic rings. The van der Waals surface area contributed by atoms with Crippen LogP contribution < -0.4 is 0 Å². The number of hydrogen-bond acceptors (Lipinski definition) is 2. The maximum atomic E-state index is 11.4. The molecule has 0 aliphatic heterocycles. The second-order valence-electron chi connectivity index (χ2n) is 3.92. The van der Waals surface area contributed by atoms with E-state index in [2.05, 4.69) is 13.2 Å². The smallest absolute Gasteiger partial charge is 0.306 e. The van der Waals surface area contributed by atoms with Crippen molar-refractivity contribution in [2.24, 2.45) is 5.92 Å². The van der Waals surface area contributed by atoms with Crippen molar-refractivity contribution in [3.8, 4) is 0 Å². The van der Waals surface area contributed by atoms with Crippen LogP contribution in [0.3, 0.4) is 0 Å². The van der Waals surface area contributed by atoms with Crippen molar-refractivity contribution in [2.45, 2.75) is 45.6 Å². The first-order valence-electron chi connectivity index (χ1n) is 5.53. The average molecular weight is 210 g/mol. The summed E-state index contributed by atoms with van der Waals surface area (Å²) in [5, 5.41) is 0. The van der Waals surface area contributed by atoms with Gasteiger partial charge in [-0.25, -0.2) is 0 Å². The Labute approximate surface area is 93.0 Å². The molecule has 2 heteroatoms. The predicted molar refractivity (Wildman–Crippen MR) is 63.6 cm³/mol. The van der Waals surface area contributed by atoms with Crippen molar-refractivity contribution in [2.75, 3.05) is 0 Å². The minimum atomic E-state index is -0.111. The maximum Gasteiger partial charge on any atom is 0.306 e. The van der Waals surface area contributed by atoms with Crippen molar-refractivity contribution in [3.05, 3.63) is 25.3 Å². The molecule has 0 unspecified atom stereocenters. The summed E-state index contributed by atoms with van der Waals surface area (Å²) in [5.41, 5.74) is 0. The number of allylic oxidation sites excluding steroid dienone is 2. The van der Waals surface area contributed by atoms with E-state index in [1.165, 1.54) is 0 Å². The quantitative estimate of drug-likeness (QED) is 0.453. The fourth-order valence-corrected chi connectivity index (χ4v) is 1.16. The molecule has 0 spiro atoms. The first-order chi connectivity index (χ1) is 7.10. The summed E-state index contributed by atoms with van der Waals surface area (Å²) in [6.07, 6.45) is 6.72. The van der Waals surface area contributed by atoms with Crippen molar-refractivity contribution in [3.63, 3.8) is 0 Å². The number of ether oxygens (including phenoxy) is 1. The monoisotopic (exact) mass is 210 g/mol. The Bertz CT molecular complexity index is 209. The summed E-state index contributed by atoms with van der Waals surface area (Å²) >= 11 is 0. The van der Waals surface area contributed by atoms with Gasteiger partial charge >= 0.3 is 5.97 Å². The summed E-state index contributed by atoms with van der Waals surface area (Å²) < 4.78 is 5.23. The molecule has 2 atom stereocenters. The summed E-state index contributed by atoms with van der Waals surface area (Å²) in [6, 6.07) is 0. The molecule has 0 fully saturated rings. The van der Waals surface area contributed by atoms with Crippen molar-refractivity contribution in [1.82, 2.24) is 0 Å². The van der Waals surface area contributed by atoms with E-state index in [-0.39, 0.29) is 12.1 Å². The lowest BCUT2D eigenvalue weighted by atomic mass is 10.1. The van der Waals surface area contributed by atoms with Crippen LogP contribution in [0.4, 0.5) is 0 Å². The molecule has 15 heavy (non-hydrogen) atoms. The van der Waals surface area contributed by atoms with Crippen LogP contribution in [-0.4, -0.2) is 12.1 Å². The first kappa shape index (κ1) is 13.9. The van der Waals surface area contributed by atoms with E-state index >= 15 is 0 Å². The summed E-state index contributed by atoms with van der Waals surface area (Å²) in [4.78, 5) is 11.4. The number of hydrogen-bond donors (Lipinski definition) is 0. The maximum absolute atomic E-state index is 11.4. The minimum Gasteiger partial charge on any atom is -0.463 e. The Kier molecular flexibility index (Phi) is 7.69. The number of rotatable bonds is 8. The molecule has 0 aromatic heterocycles. The van der Waals surface area contributed by atoms with E-state index in [4.69, 9.17) is 4.74 Å². The fraction of sp³-hybridized carbons (Fsp3) is 0.615. The summed E-state index contributed by atoms with van der Waals surface area (Å²) in [7, 11) is 0. The molecular formula is C13H22O2. The zero-order chi connectivity index (χ0) is 11.7.